The van der Waals surface area contributed by atoms with Gasteiger partial charge in [-0.2, -0.15) is 0 Å². The molecule has 0 heterocycles. The van der Waals surface area contributed by atoms with Crippen LogP contribution in [0.1, 0.15) is 34.1 Å². The van der Waals surface area contributed by atoms with E-state index in [0.717, 1.165) is 0 Å². The minimum atomic E-state index is -0.439. The third kappa shape index (κ3) is 5.93. The van der Waals surface area contributed by atoms with Crippen LogP contribution < -0.4 is 15.6 Å². The van der Waals surface area contributed by atoms with Crippen LogP contribution in [-0.4, -0.2) is 24.2 Å². The van der Waals surface area contributed by atoms with Gasteiger partial charge < -0.3 is 4.74 Å². The summed E-state index contributed by atoms with van der Waals surface area (Å²) in [5.74, 6) is -0.293. The van der Waals surface area contributed by atoms with Gasteiger partial charge in [0.15, 0.2) is 5.78 Å². The maximum Gasteiger partial charge on any atom is 0.269 e. The Morgan fingerprint density at radius 3 is 2.12 bits per heavy atom. The zero-order chi connectivity index (χ0) is 18.2. The quantitative estimate of drug-likeness (QED) is 0.612. The Morgan fingerprint density at radius 2 is 1.52 bits per heavy atom. The first-order valence-corrected chi connectivity index (χ1v) is 7.92. The van der Waals surface area contributed by atoms with Crippen molar-refractivity contribution in [1.82, 2.24) is 10.9 Å². The van der Waals surface area contributed by atoms with Gasteiger partial charge >= 0.3 is 0 Å². The average molecular weight is 361 g/mol. The van der Waals surface area contributed by atoms with Crippen molar-refractivity contribution >= 4 is 29.2 Å². The van der Waals surface area contributed by atoms with Gasteiger partial charge in [-0.05, 0) is 55.5 Å². The highest BCUT2D eigenvalue weighted by Crippen LogP contribution is 2.12. The lowest BCUT2D eigenvalue weighted by atomic mass is 10.1. The molecule has 0 saturated carbocycles. The topological polar surface area (TPSA) is 84.5 Å². The summed E-state index contributed by atoms with van der Waals surface area (Å²) in [5.41, 5.74) is 5.60. The molecule has 0 saturated heterocycles. The largest absolute Gasteiger partial charge is 0.493 e. The van der Waals surface area contributed by atoms with E-state index in [1.165, 1.54) is 6.92 Å². The number of hydrazine groups is 1. The summed E-state index contributed by atoms with van der Waals surface area (Å²) < 4.78 is 5.42. The molecule has 2 aromatic carbocycles. The number of ether oxygens (including phenoxy) is 1. The van der Waals surface area contributed by atoms with Gasteiger partial charge in [0.2, 0.25) is 5.91 Å². The zero-order valence-electron chi connectivity index (χ0n) is 13.5. The third-order valence-electron chi connectivity index (χ3n) is 3.28. The molecule has 0 aliphatic heterocycles. The van der Waals surface area contributed by atoms with Crippen molar-refractivity contribution in [3.8, 4) is 5.75 Å². The van der Waals surface area contributed by atoms with Crippen LogP contribution in [0.15, 0.2) is 48.5 Å². The fourth-order valence-electron chi connectivity index (χ4n) is 1.91. The molecule has 7 heteroatoms. The van der Waals surface area contributed by atoms with Gasteiger partial charge in [-0.1, -0.05) is 11.6 Å². The maximum atomic E-state index is 11.8. The van der Waals surface area contributed by atoms with E-state index in [9.17, 15) is 14.4 Å². The molecule has 0 aromatic heterocycles. The van der Waals surface area contributed by atoms with Crippen molar-refractivity contribution < 1.29 is 19.1 Å². The van der Waals surface area contributed by atoms with Gasteiger partial charge in [-0.15, -0.1) is 0 Å². The van der Waals surface area contributed by atoms with Crippen LogP contribution in [0.25, 0.3) is 0 Å². The molecule has 2 amide bonds. The molecular weight excluding hydrogens is 344 g/mol. The normalized spacial score (nSPS) is 10.0. The fraction of sp³-hybridized carbons (Fsp3) is 0.167. The van der Waals surface area contributed by atoms with Crippen molar-refractivity contribution in [3.05, 3.63) is 64.7 Å². The third-order valence-corrected chi connectivity index (χ3v) is 3.53. The second-order valence-corrected chi connectivity index (χ2v) is 5.62. The van der Waals surface area contributed by atoms with Gasteiger partial charge in [0, 0.05) is 16.1 Å². The predicted molar refractivity (Wildman–Crippen MR) is 93.6 cm³/mol. The molecule has 0 radical (unpaired) electrons. The second-order valence-electron chi connectivity index (χ2n) is 5.19. The van der Waals surface area contributed by atoms with Crippen molar-refractivity contribution in [2.75, 3.05) is 6.61 Å². The van der Waals surface area contributed by atoms with E-state index < -0.39 is 5.91 Å². The Hall–Kier alpha value is -2.86. The monoisotopic (exact) mass is 360 g/mol. The number of rotatable bonds is 6. The number of nitrogens with one attached hydrogen (secondary N) is 2. The lowest BCUT2D eigenvalue weighted by Gasteiger charge is -2.09. The number of hydrogen-bond acceptors (Lipinski definition) is 4. The summed E-state index contributed by atoms with van der Waals surface area (Å²) in [4.78, 5) is 34.7. The first-order valence-electron chi connectivity index (χ1n) is 7.54. The lowest BCUT2D eigenvalue weighted by Crippen LogP contribution is -2.42. The predicted octanol–water partition coefficient (Wildman–Crippen LogP) is 2.77. The molecule has 2 rings (SSSR count). The highest BCUT2D eigenvalue weighted by atomic mass is 35.5. The standard InChI is InChI=1S/C18H17ClN2O4/c1-12(22)13-4-8-16(9-5-13)25-11-10-17(23)20-21-18(24)14-2-6-15(19)7-3-14/h2-9H,10-11H2,1H3,(H,20,23)(H,21,24). The number of hydrogen-bond donors (Lipinski definition) is 2. The Bertz CT molecular complexity index is 758. The van der Waals surface area contributed by atoms with E-state index >= 15 is 0 Å². The number of amides is 2. The molecule has 25 heavy (non-hydrogen) atoms. The van der Waals surface area contributed by atoms with Crippen LogP contribution in [0.5, 0.6) is 5.75 Å². The zero-order valence-corrected chi connectivity index (χ0v) is 14.3. The van der Waals surface area contributed by atoms with Crippen LogP contribution >= 0.6 is 11.6 Å². The summed E-state index contributed by atoms with van der Waals surface area (Å²) >= 11 is 5.74. The van der Waals surface area contributed by atoms with Crippen LogP contribution in [0.2, 0.25) is 5.02 Å². The smallest absolute Gasteiger partial charge is 0.269 e. The summed E-state index contributed by atoms with van der Waals surface area (Å²) in [5, 5.41) is 0.522. The van der Waals surface area contributed by atoms with Gasteiger partial charge in [0.25, 0.3) is 5.91 Å². The van der Waals surface area contributed by atoms with Crippen molar-refractivity contribution in [1.29, 1.82) is 0 Å². The van der Waals surface area contributed by atoms with Gasteiger partial charge in [0.1, 0.15) is 5.75 Å². The number of benzene rings is 2. The van der Waals surface area contributed by atoms with E-state index in [4.69, 9.17) is 16.3 Å². The molecule has 0 fully saturated rings. The SMILES string of the molecule is CC(=O)c1ccc(OCCC(=O)NNC(=O)c2ccc(Cl)cc2)cc1. The summed E-state index contributed by atoms with van der Waals surface area (Å²) in [7, 11) is 0. The molecule has 6 nitrogen and oxygen atoms in total. The Morgan fingerprint density at radius 1 is 0.920 bits per heavy atom. The number of Topliss-reactive ketones (excluding diaryl/α,β-unsaturated/α-hetero) is 1. The Balaban J connectivity index is 1.70. The number of carbonyl (C=O) groups is 3. The average Bonchev–Trinajstić information content (AvgIpc) is 2.60. The van der Waals surface area contributed by atoms with Crippen LogP contribution in [-0.2, 0) is 4.79 Å². The van der Waals surface area contributed by atoms with Crippen molar-refractivity contribution in [2.24, 2.45) is 0 Å². The van der Waals surface area contributed by atoms with E-state index in [1.54, 1.807) is 48.5 Å². The van der Waals surface area contributed by atoms with E-state index in [0.29, 0.717) is 21.9 Å². The first-order chi connectivity index (χ1) is 12.0. The number of halogens is 1. The second kappa shape index (κ2) is 8.84. The van der Waals surface area contributed by atoms with Gasteiger partial charge in [-0.3, -0.25) is 25.2 Å². The maximum absolute atomic E-state index is 11.8. The summed E-state index contributed by atoms with van der Waals surface area (Å²) in [6.07, 6.45) is 0.0648. The molecular formula is C18H17ClN2O4. The van der Waals surface area contributed by atoms with E-state index in [1.807, 2.05) is 0 Å². The molecule has 0 bridgehead atoms. The molecule has 0 atom stereocenters. The van der Waals surface area contributed by atoms with Crippen molar-refractivity contribution in [2.45, 2.75) is 13.3 Å². The number of carbonyl (C=O) groups excluding carboxylic acids is 3. The van der Waals surface area contributed by atoms with Crippen LogP contribution in [0.3, 0.4) is 0 Å². The van der Waals surface area contributed by atoms with E-state index in [-0.39, 0.29) is 24.7 Å². The molecule has 0 unspecified atom stereocenters. The molecule has 0 spiro atoms. The first kappa shape index (κ1) is 18.5. The number of ketones is 1. The van der Waals surface area contributed by atoms with Crippen molar-refractivity contribution in [3.63, 3.8) is 0 Å². The van der Waals surface area contributed by atoms with Gasteiger partial charge in [0.05, 0.1) is 13.0 Å². The minimum Gasteiger partial charge on any atom is -0.493 e. The molecule has 130 valence electrons. The lowest BCUT2D eigenvalue weighted by molar-refractivity contribution is -0.122. The minimum absolute atomic E-state index is 0.0256. The molecule has 2 aromatic rings. The summed E-state index contributed by atoms with van der Waals surface area (Å²) in [6.45, 7) is 1.63. The Labute approximate surface area is 150 Å². The Kier molecular flexibility index (Phi) is 6.54. The highest BCUT2D eigenvalue weighted by Gasteiger charge is 2.07. The van der Waals surface area contributed by atoms with E-state index in [2.05, 4.69) is 10.9 Å². The van der Waals surface area contributed by atoms with Crippen LogP contribution in [0, 0.1) is 0 Å². The summed E-state index contributed by atoms with van der Waals surface area (Å²) in [6, 6.07) is 12.9. The molecule has 0 aliphatic rings. The fourth-order valence-corrected chi connectivity index (χ4v) is 2.04. The highest BCUT2D eigenvalue weighted by molar-refractivity contribution is 6.30. The molecule has 0 aliphatic carbocycles. The van der Waals surface area contributed by atoms with Gasteiger partial charge in [-0.25, -0.2) is 0 Å². The molecule has 2 N–H and O–H groups in total. The van der Waals surface area contributed by atoms with Crippen LogP contribution in [0.4, 0.5) is 0 Å².